The summed E-state index contributed by atoms with van der Waals surface area (Å²) in [5.74, 6) is 0.394. The van der Waals surface area contributed by atoms with Crippen LogP contribution in [0.4, 0.5) is 0 Å². The van der Waals surface area contributed by atoms with E-state index in [9.17, 15) is 4.79 Å². The van der Waals surface area contributed by atoms with Gasteiger partial charge in [0.25, 0.3) is 0 Å². The Balaban J connectivity index is 1.89. The maximum Gasteiger partial charge on any atom is 0.226 e. The zero-order valence-corrected chi connectivity index (χ0v) is 8.83. The molecule has 0 aromatic carbocycles. The van der Waals surface area contributed by atoms with Gasteiger partial charge in [0, 0.05) is 23.5 Å². The van der Waals surface area contributed by atoms with E-state index in [1.807, 2.05) is 11.0 Å². The van der Waals surface area contributed by atoms with Crippen LogP contribution in [-0.2, 0) is 4.79 Å². The van der Waals surface area contributed by atoms with Gasteiger partial charge < -0.3 is 10.6 Å². The third kappa shape index (κ3) is 1.93. The number of hydrogen-bond acceptors (Lipinski definition) is 2. The standard InChI is InChI=1S/C10H15ClN2O/c11-8-2-1-3-13(6-8)10(14)7-4-9(12)5-7/h2,7,9H,1,3-6,12H2. The van der Waals surface area contributed by atoms with Gasteiger partial charge in [0.15, 0.2) is 0 Å². The van der Waals surface area contributed by atoms with Crippen molar-refractivity contribution in [2.24, 2.45) is 11.7 Å². The Hall–Kier alpha value is -0.540. The molecular formula is C10H15ClN2O. The van der Waals surface area contributed by atoms with Crippen molar-refractivity contribution in [2.45, 2.75) is 25.3 Å². The van der Waals surface area contributed by atoms with Crippen molar-refractivity contribution in [2.75, 3.05) is 13.1 Å². The number of halogens is 1. The van der Waals surface area contributed by atoms with Crippen LogP contribution >= 0.6 is 11.6 Å². The van der Waals surface area contributed by atoms with E-state index in [0.717, 1.165) is 30.8 Å². The van der Waals surface area contributed by atoms with E-state index in [2.05, 4.69) is 0 Å². The average molecular weight is 215 g/mol. The normalized spacial score (nSPS) is 32.1. The summed E-state index contributed by atoms with van der Waals surface area (Å²) in [6.07, 6.45) is 4.55. The van der Waals surface area contributed by atoms with Crippen molar-refractivity contribution in [1.29, 1.82) is 0 Å². The summed E-state index contributed by atoms with van der Waals surface area (Å²) in [5.41, 5.74) is 5.66. The largest absolute Gasteiger partial charge is 0.337 e. The quantitative estimate of drug-likeness (QED) is 0.710. The van der Waals surface area contributed by atoms with E-state index in [-0.39, 0.29) is 17.9 Å². The first-order chi connectivity index (χ1) is 6.66. The lowest BCUT2D eigenvalue weighted by Gasteiger charge is -2.36. The van der Waals surface area contributed by atoms with Crippen LogP contribution in [0.25, 0.3) is 0 Å². The molecule has 14 heavy (non-hydrogen) atoms. The molecule has 0 aromatic rings. The Bertz CT molecular complexity index is 271. The summed E-state index contributed by atoms with van der Waals surface area (Å²) in [5, 5.41) is 0.785. The van der Waals surface area contributed by atoms with E-state index in [0.29, 0.717) is 6.54 Å². The molecule has 0 saturated heterocycles. The molecule has 0 atom stereocenters. The molecule has 3 nitrogen and oxygen atoms in total. The summed E-state index contributed by atoms with van der Waals surface area (Å²) in [6, 6.07) is 0.236. The van der Waals surface area contributed by atoms with E-state index in [4.69, 9.17) is 17.3 Å². The molecule has 1 amide bonds. The fourth-order valence-corrected chi connectivity index (χ4v) is 2.27. The van der Waals surface area contributed by atoms with Crippen LogP contribution in [0.3, 0.4) is 0 Å². The van der Waals surface area contributed by atoms with Crippen LogP contribution in [0.2, 0.25) is 0 Å². The van der Waals surface area contributed by atoms with Crippen molar-refractivity contribution in [3.05, 3.63) is 11.1 Å². The first-order valence-corrected chi connectivity index (χ1v) is 5.43. The van der Waals surface area contributed by atoms with Crippen molar-refractivity contribution >= 4 is 17.5 Å². The third-order valence-electron chi connectivity index (χ3n) is 2.94. The van der Waals surface area contributed by atoms with Crippen molar-refractivity contribution in [3.63, 3.8) is 0 Å². The Morgan fingerprint density at radius 2 is 2.29 bits per heavy atom. The lowest BCUT2D eigenvalue weighted by Crippen LogP contribution is -2.47. The number of carbonyl (C=O) groups excluding carboxylic acids is 1. The van der Waals surface area contributed by atoms with Gasteiger partial charge in [-0.05, 0) is 19.3 Å². The van der Waals surface area contributed by atoms with Crippen LogP contribution in [0, 0.1) is 5.92 Å². The molecule has 0 spiro atoms. The number of nitrogens with two attached hydrogens (primary N) is 1. The van der Waals surface area contributed by atoms with Gasteiger partial charge in [-0.25, -0.2) is 0 Å². The Morgan fingerprint density at radius 3 is 2.86 bits per heavy atom. The minimum absolute atomic E-state index is 0.160. The fourth-order valence-electron chi connectivity index (χ4n) is 2.01. The number of hydrogen-bond donors (Lipinski definition) is 1. The Kier molecular flexibility index (Phi) is 2.79. The average Bonchev–Trinajstić information content (AvgIpc) is 2.12. The molecule has 1 fully saturated rings. The molecule has 1 saturated carbocycles. The second-order valence-electron chi connectivity index (χ2n) is 4.13. The number of amides is 1. The molecule has 1 aliphatic heterocycles. The predicted molar refractivity (Wildman–Crippen MR) is 55.8 cm³/mol. The zero-order valence-electron chi connectivity index (χ0n) is 8.08. The van der Waals surface area contributed by atoms with Gasteiger partial charge in [0.05, 0.1) is 6.54 Å². The summed E-state index contributed by atoms with van der Waals surface area (Å²) in [7, 11) is 0. The maximum atomic E-state index is 11.9. The zero-order chi connectivity index (χ0) is 10.1. The van der Waals surface area contributed by atoms with E-state index in [1.165, 1.54) is 0 Å². The van der Waals surface area contributed by atoms with Crippen LogP contribution in [-0.4, -0.2) is 29.9 Å². The van der Waals surface area contributed by atoms with Crippen LogP contribution < -0.4 is 5.73 Å². The van der Waals surface area contributed by atoms with Gasteiger partial charge in [0.2, 0.25) is 5.91 Å². The van der Waals surface area contributed by atoms with Gasteiger partial charge in [0.1, 0.15) is 0 Å². The van der Waals surface area contributed by atoms with Gasteiger partial charge in [-0.3, -0.25) is 4.79 Å². The highest BCUT2D eigenvalue weighted by Crippen LogP contribution is 2.28. The molecule has 0 aromatic heterocycles. The lowest BCUT2D eigenvalue weighted by atomic mass is 9.80. The molecule has 4 heteroatoms. The van der Waals surface area contributed by atoms with Crippen LogP contribution in [0.15, 0.2) is 11.1 Å². The van der Waals surface area contributed by atoms with Gasteiger partial charge in [-0.2, -0.15) is 0 Å². The molecule has 78 valence electrons. The second-order valence-corrected chi connectivity index (χ2v) is 4.61. The fraction of sp³-hybridized carbons (Fsp3) is 0.700. The van der Waals surface area contributed by atoms with Gasteiger partial charge in [-0.1, -0.05) is 17.7 Å². The first-order valence-electron chi connectivity index (χ1n) is 5.05. The monoisotopic (exact) mass is 214 g/mol. The van der Waals surface area contributed by atoms with Crippen molar-refractivity contribution in [1.82, 2.24) is 4.90 Å². The first kappa shape index (κ1) is 9.99. The number of rotatable bonds is 1. The molecule has 2 rings (SSSR count). The number of carbonyl (C=O) groups is 1. The molecule has 2 aliphatic rings. The van der Waals surface area contributed by atoms with E-state index < -0.39 is 0 Å². The highest BCUT2D eigenvalue weighted by molar-refractivity contribution is 6.30. The summed E-state index contributed by atoms with van der Waals surface area (Å²) < 4.78 is 0. The molecule has 1 heterocycles. The molecule has 2 N–H and O–H groups in total. The minimum Gasteiger partial charge on any atom is -0.337 e. The number of nitrogens with zero attached hydrogens (tertiary/aromatic N) is 1. The van der Waals surface area contributed by atoms with Crippen LogP contribution in [0.1, 0.15) is 19.3 Å². The lowest BCUT2D eigenvalue weighted by molar-refractivity contribution is -0.138. The molecule has 0 unspecified atom stereocenters. The van der Waals surface area contributed by atoms with Crippen molar-refractivity contribution < 1.29 is 4.79 Å². The summed E-state index contributed by atoms with van der Waals surface area (Å²) in [4.78, 5) is 13.7. The van der Waals surface area contributed by atoms with Crippen molar-refractivity contribution in [3.8, 4) is 0 Å². The second kappa shape index (κ2) is 3.91. The van der Waals surface area contributed by atoms with E-state index >= 15 is 0 Å². The topological polar surface area (TPSA) is 46.3 Å². The molecule has 0 bridgehead atoms. The Morgan fingerprint density at radius 1 is 1.57 bits per heavy atom. The van der Waals surface area contributed by atoms with Gasteiger partial charge >= 0.3 is 0 Å². The van der Waals surface area contributed by atoms with Gasteiger partial charge in [-0.15, -0.1) is 0 Å². The predicted octanol–water partition coefficient (Wildman–Crippen LogP) is 1.08. The smallest absolute Gasteiger partial charge is 0.226 e. The maximum absolute atomic E-state index is 11.9. The Labute approximate surface area is 88.9 Å². The SMILES string of the molecule is NC1CC(C(=O)N2CCC=C(Cl)C2)C1. The highest BCUT2D eigenvalue weighted by atomic mass is 35.5. The summed E-state index contributed by atoms with van der Waals surface area (Å²) in [6.45, 7) is 1.40. The highest BCUT2D eigenvalue weighted by Gasteiger charge is 2.35. The minimum atomic E-state index is 0.160. The molecular weight excluding hydrogens is 200 g/mol. The van der Waals surface area contributed by atoms with Crippen LogP contribution in [0.5, 0.6) is 0 Å². The van der Waals surface area contributed by atoms with E-state index in [1.54, 1.807) is 0 Å². The molecule has 1 aliphatic carbocycles. The summed E-state index contributed by atoms with van der Waals surface area (Å²) >= 11 is 5.89. The molecule has 0 radical (unpaired) electrons. The third-order valence-corrected chi connectivity index (χ3v) is 3.22.